The van der Waals surface area contributed by atoms with Crippen molar-refractivity contribution in [2.24, 2.45) is 13.0 Å². The highest BCUT2D eigenvalue weighted by Crippen LogP contribution is 2.17. The average molecular weight is 277 g/mol. The van der Waals surface area contributed by atoms with E-state index in [1.165, 1.54) is 22.9 Å². The average Bonchev–Trinajstić information content (AvgIpc) is 2.40. The maximum atomic E-state index is 12.6. The summed E-state index contributed by atoms with van der Waals surface area (Å²) in [4.78, 5) is 37.5. The second-order valence-corrected chi connectivity index (χ2v) is 5.35. The number of piperazine rings is 1. The smallest absolute Gasteiger partial charge is 0.256 e. The largest absolute Gasteiger partial charge is 0.353 e. The van der Waals surface area contributed by atoms with Crippen LogP contribution in [0.3, 0.4) is 0 Å². The van der Waals surface area contributed by atoms with Crippen LogP contribution in [0.1, 0.15) is 24.2 Å². The number of nitrogens with zero attached hydrogens (tertiary/aromatic N) is 2. The van der Waals surface area contributed by atoms with Crippen molar-refractivity contribution in [3.63, 3.8) is 0 Å². The van der Waals surface area contributed by atoms with Crippen molar-refractivity contribution in [1.29, 1.82) is 0 Å². The topological polar surface area (TPSA) is 71.4 Å². The number of pyridine rings is 1. The second-order valence-electron chi connectivity index (χ2n) is 5.35. The predicted octanol–water partition coefficient (Wildman–Crippen LogP) is -0.0181. The third-order valence-corrected chi connectivity index (χ3v) is 3.48. The zero-order chi connectivity index (χ0) is 14.9. The van der Waals surface area contributed by atoms with Crippen molar-refractivity contribution < 1.29 is 9.59 Å². The number of carbonyl (C=O) groups is 2. The third-order valence-electron chi connectivity index (χ3n) is 3.48. The Balaban J connectivity index is 2.32. The van der Waals surface area contributed by atoms with E-state index >= 15 is 0 Å². The maximum absolute atomic E-state index is 12.6. The highest BCUT2D eigenvalue weighted by atomic mass is 16.2. The minimum Gasteiger partial charge on any atom is -0.353 e. The quantitative estimate of drug-likeness (QED) is 0.826. The van der Waals surface area contributed by atoms with Gasteiger partial charge in [0, 0.05) is 32.4 Å². The molecule has 1 saturated heterocycles. The van der Waals surface area contributed by atoms with Gasteiger partial charge >= 0.3 is 0 Å². The van der Waals surface area contributed by atoms with Gasteiger partial charge in [-0.2, -0.15) is 0 Å². The number of aromatic nitrogens is 1. The lowest BCUT2D eigenvalue weighted by Gasteiger charge is -2.37. The number of aryl methyl sites for hydroxylation is 1. The standard InChI is InChI=1S/C14H19N3O3/c1-9(2)12-13(19)15-6-7-17(12)14(20)10-4-5-11(18)16(3)8-10/h4-5,8-9,12H,6-7H2,1-3H3,(H,15,19)/t12-/m0/s1. The summed E-state index contributed by atoms with van der Waals surface area (Å²) in [6.45, 7) is 4.77. The molecule has 1 atom stereocenters. The molecule has 0 aliphatic carbocycles. The molecule has 0 bridgehead atoms. The Bertz CT molecular complexity index is 592. The molecule has 0 aromatic carbocycles. The van der Waals surface area contributed by atoms with Gasteiger partial charge in [0.15, 0.2) is 0 Å². The second kappa shape index (κ2) is 5.48. The molecule has 1 aliphatic heterocycles. The van der Waals surface area contributed by atoms with E-state index in [9.17, 15) is 14.4 Å². The van der Waals surface area contributed by atoms with Gasteiger partial charge in [-0.3, -0.25) is 14.4 Å². The first-order chi connectivity index (χ1) is 9.41. The van der Waals surface area contributed by atoms with Crippen molar-refractivity contribution in [2.45, 2.75) is 19.9 Å². The van der Waals surface area contributed by atoms with Gasteiger partial charge in [0.05, 0.1) is 5.56 Å². The Hall–Kier alpha value is -2.11. The van der Waals surface area contributed by atoms with Crippen LogP contribution in [-0.4, -0.2) is 40.4 Å². The number of rotatable bonds is 2. The van der Waals surface area contributed by atoms with Gasteiger partial charge in [-0.1, -0.05) is 13.8 Å². The number of hydrogen-bond donors (Lipinski definition) is 1. The lowest BCUT2D eigenvalue weighted by molar-refractivity contribution is -0.129. The maximum Gasteiger partial charge on any atom is 0.256 e. The summed E-state index contributed by atoms with van der Waals surface area (Å²) in [7, 11) is 1.60. The fraction of sp³-hybridized carbons (Fsp3) is 0.500. The number of carbonyl (C=O) groups excluding carboxylic acids is 2. The van der Waals surface area contributed by atoms with E-state index in [4.69, 9.17) is 0 Å². The zero-order valence-corrected chi connectivity index (χ0v) is 11.9. The molecule has 1 aromatic rings. The third kappa shape index (κ3) is 2.59. The highest BCUT2D eigenvalue weighted by molar-refractivity contribution is 5.98. The first kappa shape index (κ1) is 14.3. The van der Waals surface area contributed by atoms with E-state index in [0.717, 1.165) is 0 Å². The van der Waals surface area contributed by atoms with Crippen molar-refractivity contribution in [3.8, 4) is 0 Å². The predicted molar refractivity (Wildman–Crippen MR) is 74.4 cm³/mol. The fourth-order valence-corrected chi connectivity index (χ4v) is 2.46. The van der Waals surface area contributed by atoms with Crippen LogP contribution in [-0.2, 0) is 11.8 Å². The van der Waals surface area contributed by atoms with E-state index in [2.05, 4.69) is 5.32 Å². The number of hydrogen-bond acceptors (Lipinski definition) is 3. The molecule has 0 radical (unpaired) electrons. The molecule has 6 nitrogen and oxygen atoms in total. The van der Waals surface area contributed by atoms with Crippen molar-refractivity contribution in [2.75, 3.05) is 13.1 Å². The molecule has 6 heteroatoms. The van der Waals surface area contributed by atoms with Crippen LogP contribution in [0.4, 0.5) is 0 Å². The van der Waals surface area contributed by atoms with Crippen LogP contribution in [0.5, 0.6) is 0 Å². The molecule has 0 unspecified atom stereocenters. The van der Waals surface area contributed by atoms with Gasteiger partial charge in [0.25, 0.3) is 5.91 Å². The lowest BCUT2D eigenvalue weighted by atomic mass is 9.99. The summed E-state index contributed by atoms with van der Waals surface area (Å²) in [5.74, 6) is -0.301. The Labute approximate surface area is 117 Å². The molecule has 1 fully saturated rings. The minimum atomic E-state index is -0.464. The summed E-state index contributed by atoms with van der Waals surface area (Å²) < 4.78 is 1.36. The lowest BCUT2D eigenvalue weighted by Crippen LogP contribution is -2.59. The Morgan fingerprint density at radius 1 is 1.35 bits per heavy atom. The minimum absolute atomic E-state index is 0.0341. The molecule has 2 amide bonds. The molecule has 0 saturated carbocycles. The van der Waals surface area contributed by atoms with Gasteiger partial charge < -0.3 is 14.8 Å². The normalized spacial score (nSPS) is 19.1. The number of nitrogens with one attached hydrogen (secondary N) is 1. The molecule has 20 heavy (non-hydrogen) atoms. The van der Waals surface area contributed by atoms with Crippen molar-refractivity contribution in [1.82, 2.24) is 14.8 Å². The molecule has 2 rings (SSSR count). The Morgan fingerprint density at radius 2 is 2.05 bits per heavy atom. The van der Waals surface area contributed by atoms with E-state index in [0.29, 0.717) is 18.7 Å². The monoisotopic (exact) mass is 277 g/mol. The van der Waals surface area contributed by atoms with Gasteiger partial charge in [0.1, 0.15) is 6.04 Å². The summed E-state index contributed by atoms with van der Waals surface area (Å²) >= 11 is 0. The van der Waals surface area contributed by atoms with Gasteiger partial charge in [-0.05, 0) is 12.0 Å². The van der Waals surface area contributed by atoms with Gasteiger partial charge in [-0.15, -0.1) is 0 Å². The van der Waals surface area contributed by atoms with Crippen LogP contribution >= 0.6 is 0 Å². The van der Waals surface area contributed by atoms with Crippen LogP contribution in [0.25, 0.3) is 0 Å². The van der Waals surface area contributed by atoms with Crippen LogP contribution in [0.15, 0.2) is 23.1 Å². The molecule has 1 N–H and O–H groups in total. The molecular formula is C14H19N3O3. The molecule has 2 heterocycles. The van der Waals surface area contributed by atoms with Gasteiger partial charge in [-0.25, -0.2) is 0 Å². The molecule has 0 spiro atoms. The fourth-order valence-electron chi connectivity index (χ4n) is 2.46. The SMILES string of the molecule is CC(C)[C@H]1C(=O)NCCN1C(=O)c1ccc(=O)n(C)c1. The number of amides is 2. The van der Waals surface area contributed by atoms with E-state index in [-0.39, 0.29) is 23.3 Å². The van der Waals surface area contributed by atoms with Gasteiger partial charge in [0.2, 0.25) is 11.5 Å². The van der Waals surface area contributed by atoms with Crippen molar-refractivity contribution in [3.05, 3.63) is 34.2 Å². The zero-order valence-electron chi connectivity index (χ0n) is 11.9. The van der Waals surface area contributed by atoms with E-state index < -0.39 is 6.04 Å². The molecule has 1 aromatic heterocycles. The van der Waals surface area contributed by atoms with Crippen LogP contribution in [0.2, 0.25) is 0 Å². The van der Waals surface area contributed by atoms with Crippen LogP contribution < -0.4 is 10.9 Å². The first-order valence-corrected chi connectivity index (χ1v) is 6.67. The summed E-state index contributed by atoms with van der Waals surface area (Å²) in [5.41, 5.74) is 0.255. The highest BCUT2D eigenvalue weighted by Gasteiger charge is 2.35. The van der Waals surface area contributed by atoms with Crippen molar-refractivity contribution >= 4 is 11.8 Å². The van der Waals surface area contributed by atoms with E-state index in [1.54, 1.807) is 11.9 Å². The summed E-state index contributed by atoms with van der Waals surface area (Å²) in [5, 5.41) is 2.78. The molecule has 1 aliphatic rings. The summed E-state index contributed by atoms with van der Waals surface area (Å²) in [6.07, 6.45) is 1.51. The Morgan fingerprint density at radius 3 is 2.65 bits per heavy atom. The van der Waals surface area contributed by atoms with Crippen LogP contribution in [0, 0.1) is 5.92 Å². The first-order valence-electron chi connectivity index (χ1n) is 6.67. The summed E-state index contributed by atoms with van der Waals surface area (Å²) in [6, 6.07) is 2.41. The molecular weight excluding hydrogens is 258 g/mol. The van der Waals surface area contributed by atoms with E-state index in [1.807, 2.05) is 13.8 Å². The molecule has 108 valence electrons. The Kier molecular flexibility index (Phi) is 3.92.